The number of piperidine rings is 1. The topological polar surface area (TPSA) is 47.0 Å². The zero-order chi connectivity index (χ0) is 10.5. The minimum absolute atomic E-state index is 0.253. The molecule has 1 fully saturated rings. The predicted octanol–water partition coefficient (Wildman–Crippen LogP) is 1.33. The lowest BCUT2D eigenvalue weighted by Crippen LogP contribution is -2.37. The molecule has 0 aliphatic carbocycles. The molecule has 0 spiro atoms. The Morgan fingerprint density at radius 2 is 2.47 bits per heavy atom. The van der Waals surface area contributed by atoms with Crippen molar-refractivity contribution < 1.29 is 4.74 Å². The highest BCUT2D eigenvalue weighted by atomic mass is 32.2. The Morgan fingerprint density at radius 1 is 1.53 bits per heavy atom. The van der Waals surface area contributed by atoms with Gasteiger partial charge in [-0.2, -0.15) is 0 Å². The van der Waals surface area contributed by atoms with Crippen LogP contribution in [-0.4, -0.2) is 35.4 Å². The molecule has 1 atom stereocenters. The first-order chi connectivity index (χ1) is 7.38. The second-order valence-corrected chi connectivity index (χ2v) is 4.31. The lowest BCUT2D eigenvalue weighted by atomic mass is 10.1. The maximum atomic E-state index is 5.77. The Balaban J connectivity index is 1.96. The van der Waals surface area contributed by atoms with E-state index in [4.69, 9.17) is 4.74 Å². The van der Waals surface area contributed by atoms with Gasteiger partial charge in [-0.25, -0.2) is 9.97 Å². The largest absolute Gasteiger partial charge is 0.473 e. The maximum absolute atomic E-state index is 5.77. The molecule has 2 heterocycles. The Labute approximate surface area is 93.8 Å². The van der Waals surface area contributed by atoms with Crippen LogP contribution in [0.25, 0.3) is 0 Å². The van der Waals surface area contributed by atoms with Gasteiger partial charge in [-0.1, -0.05) is 0 Å². The third kappa shape index (κ3) is 3.07. The summed E-state index contributed by atoms with van der Waals surface area (Å²) in [5.74, 6) is 0.683. The van der Waals surface area contributed by atoms with Crippen LogP contribution in [0.4, 0.5) is 0 Å². The number of rotatable bonds is 3. The van der Waals surface area contributed by atoms with Crippen molar-refractivity contribution in [2.24, 2.45) is 0 Å². The molecule has 1 aliphatic rings. The molecule has 2 rings (SSSR count). The fourth-order valence-electron chi connectivity index (χ4n) is 1.59. The second-order valence-electron chi connectivity index (χ2n) is 3.48. The smallest absolute Gasteiger partial charge is 0.217 e. The van der Waals surface area contributed by atoms with Crippen molar-refractivity contribution in [1.82, 2.24) is 15.3 Å². The minimum atomic E-state index is 0.253. The highest BCUT2D eigenvalue weighted by Crippen LogP contribution is 2.17. The first-order valence-corrected chi connectivity index (χ1v) is 6.34. The van der Waals surface area contributed by atoms with Crippen LogP contribution in [0.5, 0.6) is 5.88 Å². The number of nitrogens with zero attached hydrogens (tertiary/aromatic N) is 2. The summed E-state index contributed by atoms with van der Waals surface area (Å²) in [5, 5.41) is 4.26. The first-order valence-electron chi connectivity index (χ1n) is 5.12. The molecule has 1 aliphatic heterocycles. The molecule has 0 unspecified atom stereocenters. The summed E-state index contributed by atoms with van der Waals surface area (Å²) in [4.78, 5) is 8.21. The molecule has 0 aromatic carbocycles. The number of aromatic nitrogens is 2. The molecule has 5 heteroatoms. The van der Waals surface area contributed by atoms with Crippen molar-refractivity contribution in [2.45, 2.75) is 24.0 Å². The highest BCUT2D eigenvalue weighted by Gasteiger charge is 2.14. The van der Waals surface area contributed by atoms with Gasteiger partial charge in [-0.05, 0) is 25.6 Å². The molecule has 15 heavy (non-hydrogen) atoms. The van der Waals surface area contributed by atoms with Crippen LogP contribution < -0.4 is 10.1 Å². The molecular weight excluding hydrogens is 210 g/mol. The van der Waals surface area contributed by atoms with Crippen LogP contribution in [-0.2, 0) is 0 Å². The summed E-state index contributed by atoms with van der Waals surface area (Å²) < 4.78 is 5.77. The third-order valence-electron chi connectivity index (χ3n) is 2.37. The van der Waals surface area contributed by atoms with E-state index in [1.54, 1.807) is 18.1 Å². The van der Waals surface area contributed by atoms with Crippen LogP contribution >= 0.6 is 11.8 Å². The van der Waals surface area contributed by atoms with Crippen LogP contribution in [0.1, 0.15) is 12.8 Å². The Morgan fingerprint density at radius 3 is 3.20 bits per heavy atom. The van der Waals surface area contributed by atoms with Crippen LogP contribution in [0.2, 0.25) is 0 Å². The summed E-state index contributed by atoms with van der Waals surface area (Å²) in [7, 11) is 0. The fraction of sp³-hybridized carbons (Fsp3) is 0.600. The number of hydrogen-bond acceptors (Lipinski definition) is 5. The van der Waals surface area contributed by atoms with Crippen LogP contribution in [0.15, 0.2) is 17.4 Å². The van der Waals surface area contributed by atoms with Gasteiger partial charge in [0.05, 0.1) is 0 Å². The zero-order valence-electron chi connectivity index (χ0n) is 8.77. The minimum Gasteiger partial charge on any atom is -0.473 e. The Kier molecular flexibility index (Phi) is 3.80. The average molecular weight is 225 g/mol. The predicted molar refractivity (Wildman–Crippen MR) is 60.3 cm³/mol. The summed E-state index contributed by atoms with van der Waals surface area (Å²) in [6, 6.07) is 1.89. The number of hydrogen-bond donors (Lipinski definition) is 1. The number of thioether (sulfide) groups is 1. The lowest BCUT2D eigenvalue weighted by Gasteiger charge is -2.23. The van der Waals surface area contributed by atoms with Gasteiger partial charge in [0.2, 0.25) is 5.88 Å². The number of ether oxygens (including phenoxy) is 1. The second kappa shape index (κ2) is 5.32. The van der Waals surface area contributed by atoms with E-state index in [-0.39, 0.29) is 6.10 Å². The summed E-state index contributed by atoms with van der Waals surface area (Å²) in [6.07, 6.45) is 6.07. The molecule has 1 aromatic rings. The van der Waals surface area contributed by atoms with Crippen LogP contribution in [0.3, 0.4) is 0 Å². The van der Waals surface area contributed by atoms with Gasteiger partial charge in [0.1, 0.15) is 17.5 Å². The molecule has 0 radical (unpaired) electrons. The van der Waals surface area contributed by atoms with Crippen molar-refractivity contribution in [3.05, 3.63) is 12.4 Å². The first kappa shape index (κ1) is 10.7. The maximum Gasteiger partial charge on any atom is 0.217 e. The fourth-order valence-corrected chi connectivity index (χ4v) is 1.96. The molecule has 0 amide bonds. The molecule has 0 bridgehead atoms. The van der Waals surface area contributed by atoms with Crippen molar-refractivity contribution >= 4 is 11.8 Å². The van der Waals surface area contributed by atoms with Gasteiger partial charge in [-0.15, -0.1) is 11.8 Å². The summed E-state index contributed by atoms with van der Waals surface area (Å²) >= 11 is 1.60. The quantitative estimate of drug-likeness (QED) is 0.621. The van der Waals surface area contributed by atoms with Crippen molar-refractivity contribution in [3.63, 3.8) is 0 Å². The Bertz CT molecular complexity index is 315. The van der Waals surface area contributed by atoms with Gasteiger partial charge >= 0.3 is 0 Å². The standard InChI is InChI=1S/C10H15N3OS/c1-15-10-5-9(12-7-13-10)14-8-3-2-4-11-6-8/h5,7-8,11H,2-4,6H2,1H3/t8-/m0/s1. The van der Waals surface area contributed by atoms with Gasteiger partial charge < -0.3 is 10.1 Å². The molecular formula is C10H15N3OS. The summed E-state index contributed by atoms with van der Waals surface area (Å²) in [5.41, 5.74) is 0. The highest BCUT2D eigenvalue weighted by molar-refractivity contribution is 7.98. The monoisotopic (exact) mass is 225 g/mol. The van der Waals surface area contributed by atoms with Crippen LogP contribution in [0, 0.1) is 0 Å². The van der Waals surface area contributed by atoms with Gasteiger partial charge in [0, 0.05) is 12.6 Å². The van der Waals surface area contributed by atoms with E-state index in [9.17, 15) is 0 Å². The van der Waals surface area contributed by atoms with E-state index >= 15 is 0 Å². The van der Waals surface area contributed by atoms with E-state index < -0.39 is 0 Å². The van der Waals surface area contributed by atoms with Gasteiger partial charge in [0.15, 0.2) is 0 Å². The van der Waals surface area contributed by atoms with E-state index in [2.05, 4.69) is 15.3 Å². The summed E-state index contributed by atoms with van der Waals surface area (Å²) in [6.45, 7) is 2.01. The SMILES string of the molecule is CSc1cc(O[C@H]2CCCNC2)ncn1. The van der Waals surface area contributed by atoms with Crippen molar-refractivity contribution in [2.75, 3.05) is 19.3 Å². The van der Waals surface area contributed by atoms with Crippen molar-refractivity contribution in [1.29, 1.82) is 0 Å². The van der Waals surface area contributed by atoms with Crippen molar-refractivity contribution in [3.8, 4) is 5.88 Å². The molecule has 4 nitrogen and oxygen atoms in total. The lowest BCUT2D eigenvalue weighted by molar-refractivity contribution is 0.159. The third-order valence-corrected chi connectivity index (χ3v) is 3.01. The zero-order valence-corrected chi connectivity index (χ0v) is 9.59. The number of nitrogens with one attached hydrogen (secondary N) is 1. The van der Waals surface area contributed by atoms with E-state index in [1.165, 1.54) is 6.42 Å². The molecule has 1 N–H and O–H groups in total. The molecule has 1 saturated heterocycles. The van der Waals surface area contributed by atoms with E-state index in [1.807, 2.05) is 12.3 Å². The van der Waals surface area contributed by atoms with E-state index in [0.717, 1.165) is 24.5 Å². The molecule has 1 aromatic heterocycles. The van der Waals surface area contributed by atoms with Gasteiger partial charge in [-0.3, -0.25) is 0 Å². The van der Waals surface area contributed by atoms with E-state index in [0.29, 0.717) is 5.88 Å². The average Bonchev–Trinajstić information content (AvgIpc) is 2.31. The van der Waals surface area contributed by atoms with Gasteiger partial charge in [0.25, 0.3) is 0 Å². The molecule has 82 valence electrons. The normalized spacial score (nSPS) is 21.3. The molecule has 0 saturated carbocycles. The Hall–Kier alpha value is -0.810.